The van der Waals surface area contributed by atoms with E-state index in [0.29, 0.717) is 47.1 Å². The van der Waals surface area contributed by atoms with E-state index in [1.54, 1.807) is 18.9 Å². The second-order valence-corrected chi connectivity index (χ2v) is 16.4. The maximum absolute atomic E-state index is 14.8. The SMILES string of the molecule is COc1c(C)cc2c(c1O)C1C3[C@@H]4SC[C@]5(NCCc6c5[nH]c5ccccc65)C(=O)OC[C@@H](c5c6c(c(C)c(OC(C)=O)c54)OCO6)N3[C@@H](O)C(C2)N1C. The first-order chi connectivity index (χ1) is 26.1. The van der Waals surface area contributed by atoms with E-state index >= 15 is 0 Å². The highest BCUT2D eigenvalue weighted by Crippen LogP contribution is 2.64. The number of phenolic OH excluding ortho intramolecular Hbond substituents is 1. The van der Waals surface area contributed by atoms with Crippen molar-refractivity contribution in [3.05, 3.63) is 75.0 Å². The summed E-state index contributed by atoms with van der Waals surface area (Å²) in [5, 5.41) is 28.7. The topological polar surface area (TPSA) is 155 Å². The quantitative estimate of drug-likeness (QED) is 0.171. The number of phenols is 1. The fraction of sp³-hybridized carbons (Fsp3) is 0.450. The summed E-state index contributed by atoms with van der Waals surface area (Å²) < 4.78 is 30.6. The van der Waals surface area contributed by atoms with Gasteiger partial charge in [-0.25, -0.2) is 4.79 Å². The predicted molar refractivity (Wildman–Crippen MR) is 198 cm³/mol. The lowest BCUT2D eigenvalue weighted by Gasteiger charge is -2.62. The average molecular weight is 755 g/mol. The number of carbonyl (C=O) groups excluding carboxylic acids is 2. The molecule has 282 valence electrons. The number of aliphatic hydroxyl groups is 1. The minimum atomic E-state index is -1.23. The Labute approximate surface area is 315 Å². The van der Waals surface area contributed by atoms with E-state index < -0.39 is 47.1 Å². The van der Waals surface area contributed by atoms with Crippen LogP contribution >= 0.6 is 11.8 Å². The standard InChI is InChI=1S/C40H42N4O9S/c1-17-12-20-13-24-38(47)44-25-14-50-39(48)40(37-22(10-11-41-40)21-8-6-7-9-23(21)42-37)15-54-36(30(44)29(43(24)4)26(20)31(46)32(17)49-5)28-27(25)35-34(51-16-52-35)18(2)33(28)53-19(3)45/h6-9,12,24-25,29-30,36,38,41-42,46-47H,10-11,13-16H2,1-5H3/t24?,25-,29?,30?,36+,38-,40+/m0/s1. The van der Waals surface area contributed by atoms with Crippen LogP contribution in [0.15, 0.2) is 30.3 Å². The number of aliphatic hydroxyl groups excluding tert-OH is 1. The Morgan fingerprint density at radius 2 is 1.89 bits per heavy atom. The molecule has 8 heterocycles. The molecule has 3 unspecified atom stereocenters. The number of aryl methyl sites for hydroxylation is 1. The normalized spacial score (nSPS) is 29.6. The third-order valence-electron chi connectivity index (χ3n) is 12.6. The Kier molecular flexibility index (Phi) is 7.58. The molecule has 11 rings (SSSR count). The molecule has 0 radical (unpaired) electrons. The number of nitrogens with one attached hydrogen (secondary N) is 2. The highest BCUT2D eigenvalue weighted by Gasteiger charge is 2.61. The molecule has 1 spiro atoms. The molecule has 4 bridgehead atoms. The number of fused-ring (bicyclic) bond motifs is 11. The number of aromatic hydroxyl groups is 1. The number of rotatable bonds is 2. The van der Waals surface area contributed by atoms with Crippen molar-refractivity contribution in [2.75, 3.05) is 39.9 Å². The largest absolute Gasteiger partial charge is 0.504 e. The first-order valence-corrected chi connectivity index (χ1v) is 19.5. The number of thioether (sulfide) groups is 1. The second-order valence-electron chi connectivity index (χ2n) is 15.3. The molecule has 3 aromatic carbocycles. The van der Waals surface area contributed by atoms with E-state index in [4.69, 9.17) is 23.7 Å². The first kappa shape index (κ1) is 34.1. The van der Waals surface area contributed by atoms with E-state index in [9.17, 15) is 19.8 Å². The molecule has 2 fully saturated rings. The third-order valence-corrected chi connectivity index (χ3v) is 14.1. The van der Waals surface area contributed by atoms with Gasteiger partial charge in [0.1, 0.15) is 18.6 Å². The van der Waals surface area contributed by atoms with Gasteiger partial charge in [0.05, 0.1) is 36.2 Å². The van der Waals surface area contributed by atoms with Crippen molar-refractivity contribution in [1.29, 1.82) is 0 Å². The number of hydrogen-bond donors (Lipinski definition) is 4. The van der Waals surface area contributed by atoms with Crippen LogP contribution < -0.4 is 24.3 Å². The zero-order chi connectivity index (χ0) is 37.4. The van der Waals surface area contributed by atoms with Crippen LogP contribution in [0, 0.1) is 13.8 Å². The first-order valence-electron chi connectivity index (χ1n) is 18.4. The van der Waals surface area contributed by atoms with Gasteiger partial charge in [0, 0.05) is 58.4 Å². The molecule has 0 aliphatic carbocycles. The molecule has 54 heavy (non-hydrogen) atoms. The fourth-order valence-electron chi connectivity index (χ4n) is 10.4. The van der Waals surface area contributed by atoms with Crippen LogP contribution in [0.25, 0.3) is 10.9 Å². The molecule has 2 saturated heterocycles. The summed E-state index contributed by atoms with van der Waals surface area (Å²) in [7, 11) is 3.54. The van der Waals surface area contributed by atoms with Gasteiger partial charge in [-0.3, -0.25) is 19.9 Å². The van der Waals surface area contributed by atoms with Crippen LogP contribution in [0.2, 0.25) is 0 Å². The Morgan fingerprint density at radius 3 is 2.69 bits per heavy atom. The molecule has 7 atom stereocenters. The Hall–Kier alpha value is -4.47. The third kappa shape index (κ3) is 4.42. The molecule has 7 aliphatic heterocycles. The van der Waals surface area contributed by atoms with Gasteiger partial charge in [-0.05, 0) is 56.5 Å². The summed E-state index contributed by atoms with van der Waals surface area (Å²) in [6, 6.07) is 8.07. The number of para-hydroxylation sites is 1. The number of piperazine rings is 1. The monoisotopic (exact) mass is 754 g/mol. The van der Waals surface area contributed by atoms with Crippen molar-refractivity contribution >= 4 is 34.6 Å². The molecule has 1 aromatic heterocycles. The average Bonchev–Trinajstić information content (AvgIpc) is 3.80. The molecular formula is C40H42N4O9S. The smallest absolute Gasteiger partial charge is 0.333 e. The van der Waals surface area contributed by atoms with Gasteiger partial charge in [-0.15, -0.1) is 11.8 Å². The summed E-state index contributed by atoms with van der Waals surface area (Å²) >= 11 is 1.54. The van der Waals surface area contributed by atoms with Crippen molar-refractivity contribution in [2.45, 2.75) is 74.8 Å². The maximum atomic E-state index is 14.8. The zero-order valence-corrected chi connectivity index (χ0v) is 31.5. The summed E-state index contributed by atoms with van der Waals surface area (Å²) in [6.45, 7) is 5.54. The molecule has 14 heteroatoms. The van der Waals surface area contributed by atoms with E-state index in [1.165, 1.54) is 6.92 Å². The number of H-pyrrole nitrogens is 1. The van der Waals surface area contributed by atoms with Crippen LogP contribution in [0.3, 0.4) is 0 Å². The summed E-state index contributed by atoms with van der Waals surface area (Å²) in [5.74, 6) is 1.13. The van der Waals surface area contributed by atoms with E-state index in [-0.39, 0.29) is 30.9 Å². The number of ether oxygens (including phenoxy) is 5. The van der Waals surface area contributed by atoms with Crippen LogP contribution in [-0.4, -0.2) is 95.1 Å². The number of likely N-dealkylation sites (N-methyl/N-ethyl adjacent to an activating group) is 1. The van der Waals surface area contributed by atoms with Crippen molar-refractivity contribution in [3.8, 4) is 28.7 Å². The molecule has 13 nitrogen and oxygen atoms in total. The van der Waals surface area contributed by atoms with Gasteiger partial charge in [0.15, 0.2) is 28.5 Å². The molecule has 4 N–H and O–H groups in total. The van der Waals surface area contributed by atoms with Gasteiger partial charge in [-0.2, -0.15) is 0 Å². The number of aromatic nitrogens is 1. The number of carbonyl (C=O) groups is 2. The van der Waals surface area contributed by atoms with Gasteiger partial charge in [0.25, 0.3) is 0 Å². The van der Waals surface area contributed by atoms with Crippen LogP contribution in [-0.2, 0) is 32.7 Å². The molecule has 0 amide bonds. The number of hydrogen-bond acceptors (Lipinski definition) is 13. The number of esters is 2. The highest BCUT2D eigenvalue weighted by atomic mass is 32.2. The Balaban J connectivity index is 1.24. The Bertz CT molecular complexity index is 2290. The van der Waals surface area contributed by atoms with Crippen molar-refractivity contribution < 1.29 is 43.5 Å². The lowest BCUT2D eigenvalue weighted by Crippen LogP contribution is -2.70. The summed E-state index contributed by atoms with van der Waals surface area (Å²) in [5.41, 5.74) is 6.07. The maximum Gasteiger partial charge on any atom is 0.333 e. The molecule has 4 aromatic rings. The number of nitrogens with zero attached hydrogens (tertiary/aromatic N) is 2. The minimum absolute atomic E-state index is 0.0347. The minimum Gasteiger partial charge on any atom is -0.504 e. The van der Waals surface area contributed by atoms with Crippen LogP contribution in [0.4, 0.5) is 0 Å². The zero-order valence-electron chi connectivity index (χ0n) is 30.6. The van der Waals surface area contributed by atoms with Crippen molar-refractivity contribution in [2.24, 2.45) is 0 Å². The summed E-state index contributed by atoms with van der Waals surface area (Å²) in [4.78, 5) is 35.5. The lowest BCUT2D eigenvalue weighted by atomic mass is 9.73. The molecule has 0 saturated carbocycles. The Morgan fingerprint density at radius 1 is 1.09 bits per heavy atom. The second kappa shape index (κ2) is 12.0. The van der Waals surface area contributed by atoms with Gasteiger partial charge >= 0.3 is 11.9 Å². The van der Waals surface area contributed by atoms with E-state index in [2.05, 4.69) is 27.3 Å². The lowest BCUT2D eigenvalue weighted by molar-refractivity contribution is -0.186. The molecule has 7 aliphatic rings. The predicted octanol–water partition coefficient (Wildman–Crippen LogP) is 4.18. The van der Waals surface area contributed by atoms with E-state index in [0.717, 1.165) is 50.8 Å². The number of aromatic amines is 1. The summed E-state index contributed by atoms with van der Waals surface area (Å²) in [6.07, 6.45) is 0.205. The number of methoxy groups -OCH3 is 1. The number of benzene rings is 3. The van der Waals surface area contributed by atoms with Crippen LogP contribution in [0.5, 0.6) is 28.7 Å². The van der Waals surface area contributed by atoms with Crippen LogP contribution in [0.1, 0.15) is 68.9 Å². The fourth-order valence-corrected chi connectivity index (χ4v) is 12.1. The van der Waals surface area contributed by atoms with Gasteiger partial charge in [0.2, 0.25) is 6.79 Å². The molecular weight excluding hydrogens is 713 g/mol. The van der Waals surface area contributed by atoms with Crippen molar-refractivity contribution in [3.63, 3.8) is 0 Å². The van der Waals surface area contributed by atoms with Gasteiger partial charge < -0.3 is 38.9 Å². The van der Waals surface area contributed by atoms with Crippen molar-refractivity contribution in [1.82, 2.24) is 20.1 Å². The highest BCUT2D eigenvalue weighted by molar-refractivity contribution is 7.99. The van der Waals surface area contributed by atoms with Gasteiger partial charge in [-0.1, -0.05) is 24.3 Å². The van der Waals surface area contributed by atoms with E-state index in [1.807, 2.05) is 44.0 Å².